The first-order valence-electron chi connectivity index (χ1n) is 6.67. The Bertz CT molecular complexity index is 837. The number of rotatable bonds is 3. The monoisotopic (exact) mass is 316 g/mol. The number of hydrogen-bond donors (Lipinski definition) is 2. The molecule has 1 aromatic carbocycles. The fourth-order valence-electron chi connectivity index (χ4n) is 2.69. The highest BCUT2D eigenvalue weighted by Crippen LogP contribution is 2.39. The zero-order chi connectivity index (χ0) is 14.4. The number of nitrogens with zero attached hydrogens (tertiary/aromatic N) is 1. The number of carbonyl (C=O) groups is 1. The normalized spacial score (nSPS) is 17.0. The fraction of sp³-hybridized carbons (Fsp3) is 0.200. The van der Waals surface area contributed by atoms with Crippen LogP contribution in [0.15, 0.2) is 29.6 Å². The number of aliphatic carboxylic acids is 1. The van der Waals surface area contributed by atoms with E-state index in [1.165, 1.54) is 10.1 Å². The third-order valence-corrected chi connectivity index (χ3v) is 5.66. The number of anilines is 2. The Labute approximate surface area is 129 Å². The van der Waals surface area contributed by atoms with Gasteiger partial charge in [-0.15, -0.1) is 22.7 Å². The van der Waals surface area contributed by atoms with E-state index in [1.807, 2.05) is 6.07 Å². The Balaban J connectivity index is 1.63. The Hall–Kier alpha value is -1.92. The van der Waals surface area contributed by atoms with Crippen molar-refractivity contribution in [2.45, 2.75) is 18.8 Å². The van der Waals surface area contributed by atoms with Crippen LogP contribution in [0.5, 0.6) is 0 Å². The molecule has 2 N–H and O–H groups in total. The van der Waals surface area contributed by atoms with Gasteiger partial charge in [0.15, 0.2) is 5.13 Å². The molecule has 2 aromatic heterocycles. The Morgan fingerprint density at radius 1 is 1.38 bits per heavy atom. The third kappa shape index (κ3) is 2.20. The summed E-state index contributed by atoms with van der Waals surface area (Å²) in [6, 6.07) is 8.30. The van der Waals surface area contributed by atoms with Gasteiger partial charge in [0.05, 0.1) is 5.69 Å². The van der Waals surface area contributed by atoms with Crippen LogP contribution in [-0.2, 0) is 11.2 Å². The summed E-state index contributed by atoms with van der Waals surface area (Å²) in [6.07, 6.45) is 1.49. The lowest BCUT2D eigenvalue weighted by atomic mass is 10.1. The summed E-state index contributed by atoms with van der Waals surface area (Å²) in [6.45, 7) is 0. The largest absolute Gasteiger partial charge is 0.481 e. The van der Waals surface area contributed by atoms with Gasteiger partial charge in [-0.2, -0.15) is 0 Å². The summed E-state index contributed by atoms with van der Waals surface area (Å²) in [5.41, 5.74) is 1.73. The number of hydrogen-bond acceptors (Lipinski definition) is 5. The zero-order valence-electron chi connectivity index (χ0n) is 11.0. The molecule has 0 bridgehead atoms. The van der Waals surface area contributed by atoms with Gasteiger partial charge in [-0.25, -0.2) is 4.98 Å². The second-order valence-corrected chi connectivity index (χ2v) is 7.09. The predicted octanol–water partition coefficient (Wildman–Crippen LogP) is 4.22. The van der Waals surface area contributed by atoms with E-state index in [0.29, 0.717) is 6.42 Å². The van der Waals surface area contributed by atoms with E-state index < -0.39 is 11.9 Å². The average molecular weight is 316 g/mol. The van der Waals surface area contributed by atoms with E-state index in [9.17, 15) is 9.90 Å². The smallest absolute Gasteiger partial charge is 0.312 e. The molecule has 0 fully saturated rings. The van der Waals surface area contributed by atoms with Gasteiger partial charge in [0.25, 0.3) is 0 Å². The van der Waals surface area contributed by atoms with Crippen molar-refractivity contribution >= 4 is 49.5 Å². The molecule has 1 unspecified atom stereocenters. The zero-order valence-corrected chi connectivity index (χ0v) is 12.6. The second-order valence-electron chi connectivity index (χ2n) is 5.06. The molecule has 1 aliphatic rings. The highest BCUT2D eigenvalue weighted by Gasteiger charge is 2.32. The first-order valence-corrected chi connectivity index (χ1v) is 8.37. The third-order valence-electron chi connectivity index (χ3n) is 3.72. The number of nitrogens with one attached hydrogen (secondary N) is 1. The minimum atomic E-state index is -0.773. The molecule has 3 aromatic rings. The Morgan fingerprint density at radius 3 is 3.14 bits per heavy atom. The molecule has 1 aliphatic carbocycles. The van der Waals surface area contributed by atoms with Gasteiger partial charge < -0.3 is 10.4 Å². The minimum absolute atomic E-state index is 0.439. The van der Waals surface area contributed by atoms with E-state index in [-0.39, 0.29) is 0 Å². The molecule has 4 nitrogen and oxygen atoms in total. The van der Waals surface area contributed by atoms with Crippen molar-refractivity contribution < 1.29 is 9.90 Å². The summed E-state index contributed by atoms with van der Waals surface area (Å²) >= 11 is 3.28. The molecule has 6 heteroatoms. The van der Waals surface area contributed by atoms with Crippen LogP contribution < -0.4 is 5.32 Å². The van der Waals surface area contributed by atoms with Crippen molar-refractivity contribution in [3.8, 4) is 0 Å². The SMILES string of the molecule is O=C(O)C1CCc2sc(Nc3ccc4sccc4c3)nc21. The molecule has 0 radical (unpaired) electrons. The highest BCUT2D eigenvalue weighted by atomic mass is 32.1. The highest BCUT2D eigenvalue weighted by molar-refractivity contribution is 7.17. The lowest BCUT2D eigenvalue weighted by Gasteiger charge is -2.04. The van der Waals surface area contributed by atoms with Crippen LogP contribution in [0.2, 0.25) is 0 Å². The topological polar surface area (TPSA) is 62.2 Å². The molecule has 21 heavy (non-hydrogen) atoms. The van der Waals surface area contributed by atoms with Gasteiger partial charge in [0.2, 0.25) is 0 Å². The van der Waals surface area contributed by atoms with E-state index in [0.717, 1.165) is 27.8 Å². The molecule has 0 amide bonds. The van der Waals surface area contributed by atoms with Gasteiger partial charge in [-0.05, 0) is 47.9 Å². The van der Waals surface area contributed by atoms with Crippen molar-refractivity contribution in [3.05, 3.63) is 40.2 Å². The first-order chi connectivity index (χ1) is 10.2. The van der Waals surface area contributed by atoms with Crippen molar-refractivity contribution in [2.24, 2.45) is 0 Å². The quantitative estimate of drug-likeness (QED) is 0.759. The van der Waals surface area contributed by atoms with Crippen LogP contribution in [-0.4, -0.2) is 16.1 Å². The molecule has 4 rings (SSSR count). The molecule has 106 valence electrons. The number of thiophene rings is 1. The van der Waals surface area contributed by atoms with Crippen LogP contribution in [0.25, 0.3) is 10.1 Å². The first kappa shape index (κ1) is 12.8. The van der Waals surface area contributed by atoms with E-state index in [2.05, 4.69) is 33.9 Å². The van der Waals surface area contributed by atoms with E-state index in [4.69, 9.17) is 0 Å². The van der Waals surface area contributed by atoms with E-state index >= 15 is 0 Å². The van der Waals surface area contributed by atoms with Crippen LogP contribution in [0, 0.1) is 0 Å². The molecule has 1 atom stereocenters. The van der Waals surface area contributed by atoms with Gasteiger partial charge in [0, 0.05) is 15.3 Å². The average Bonchev–Trinajstić information content (AvgIpc) is 3.11. The summed E-state index contributed by atoms with van der Waals surface area (Å²) in [5.74, 6) is -1.21. The number of fused-ring (bicyclic) bond motifs is 2. The molecule has 0 spiro atoms. The molecule has 0 aliphatic heterocycles. The summed E-state index contributed by atoms with van der Waals surface area (Å²) < 4.78 is 1.26. The minimum Gasteiger partial charge on any atom is -0.481 e. The van der Waals surface area contributed by atoms with Gasteiger partial charge in [0.1, 0.15) is 5.92 Å². The van der Waals surface area contributed by atoms with Gasteiger partial charge in [-0.3, -0.25) is 4.79 Å². The molecular formula is C15H12N2O2S2. The maximum Gasteiger partial charge on any atom is 0.312 e. The number of carboxylic acids is 1. The van der Waals surface area contributed by atoms with E-state index in [1.54, 1.807) is 22.7 Å². The van der Waals surface area contributed by atoms with Crippen LogP contribution in [0.4, 0.5) is 10.8 Å². The molecule has 0 saturated heterocycles. The number of carboxylic acid groups (broad SMARTS) is 1. The van der Waals surface area contributed by atoms with Crippen molar-refractivity contribution in [1.29, 1.82) is 0 Å². The number of aromatic nitrogens is 1. The maximum absolute atomic E-state index is 11.2. The second kappa shape index (κ2) is 4.82. The molecular weight excluding hydrogens is 304 g/mol. The summed E-state index contributed by atoms with van der Waals surface area (Å²) in [4.78, 5) is 16.8. The van der Waals surface area contributed by atoms with Crippen molar-refractivity contribution in [3.63, 3.8) is 0 Å². The summed E-state index contributed by atoms with van der Waals surface area (Å²) in [7, 11) is 0. The van der Waals surface area contributed by atoms with Crippen LogP contribution >= 0.6 is 22.7 Å². The number of aryl methyl sites for hydroxylation is 1. The fourth-order valence-corrected chi connectivity index (χ4v) is 4.52. The van der Waals surface area contributed by atoms with Crippen molar-refractivity contribution in [2.75, 3.05) is 5.32 Å². The lowest BCUT2D eigenvalue weighted by molar-refractivity contribution is -0.138. The molecule has 2 heterocycles. The van der Waals surface area contributed by atoms with Crippen molar-refractivity contribution in [1.82, 2.24) is 4.98 Å². The maximum atomic E-state index is 11.2. The van der Waals surface area contributed by atoms with Crippen LogP contribution in [0.1, 0.15) is 22.9 Å². The number of benzene rings is 1. The Kier molecular flexibility index (Phi) is 2.94. The van der Waals surface area contributed by atoms with Crippen LogP contribution in [0.3, 0.4) is 0 Å². The Morgan fingerprint density at radius 2 is 2.29 bits per heavy atom. The summed E-state index contributed by atoms with van der Waals surface area (Å²) in [5, 5.41) is 16.6. The molecule has 0 saturated carbocycles. The predicted molar refractivity (Wildman–Crippen MR) is 85.9 cm³/mol. The number of thiazole rings is 1. The van der Waals surface area contributed by atoms with Gasteiger partial charge >= 0.3 is 5.97 Å². The standard InChI is InChI=1S/C15H12N2O2S2/c18-14(19)10-2-4-12-13(10)17-15(21-12)16-9-1-3-11-8(7-9)5-6-20-11/h1,3,5-7,10H,2,4H2,(H,16,17)(H,18,19). The lowest BCUT2D eigenvalue weighted by Crippen LogP contribution is -2.08. The van der Waals surface area contributed by atoms with Gasteiger partial charge in [-0.1, -0.05) is 0 Å².